The fourth-order valence-corrected chi connectivity index (χ4v) is 5.65. The average molecular weight is 415 g/mol. The lowest BCUT2D eigenvalue weighted by molar-refractivity contribution is -0.0185. The van der Waals surface area contributed by atoms with Crippen LogP contribution in [0.25, 0.3) is 0 Å². The van der Waals surface area contributed by atoms with E-state index in [1.807, 2.05) is 0 Å². The van der Waals surface area contributed by atoms with Crippen LogP contribution in [0.1, 0.15) is 44.3 Å². The Balaban J connectivity index is 1.38. The van der Waals surface area contributed by atoms with Crippen LogP contribution >= 0.6 is 22.6 Å². The number of methoxy groups -OCH3 is 1. The van der Waals surface area contributed by atoms with E-state index in [0.29, 0.717) is 11.5 Å². The highest BCUT2D eigenvalue weighted by Crippen LogP contribution is 2.70. The van der Waals surface area contributed by atoms with E-state index in [9.17, 15) is 0 Å². The first-order chi connectivity index (χ1) is 10.5. The number of hydrogen-bond donors (Lipinski definition) is 0. The maximum atomic E-state index is 5.19. The largest absolute Gasteiger partial charge is 0.383 e. The van der Waals surface area contributed by atoms with E-state index in [1.165, 1.54) is 31.6 Å². The summed E-state index contributed by atoms with van der Waals surface area (Å²) in [6.45, 7) is 9.07. The third-order valence-electron chi connectivity index (χ3n) is 5.96. The van der Waals surface area contributed by atoms with Crippen LogP contribution in [0.4, 0.5) is 0 Å². The normalized spacial score (nSPS) is 32.5. The third-order valence-corrected chi connectivity index (χ3v) is 6.49. The summed E-state index contributed by atoms with van der Waals surface area (Å²) in [5.74, 6) is 2.64. The molecule has 1 aromatic heterocycles. The fraction of sp³-hybridized carbons (Fsp3) is 0.824. The van der Waals surface area contributed by atoms with Crippen LogP contribution in [0.5, 0.6) is 0 Å². The first-order valence-corrected chi connectivity index (χ1v) is 9.57. The van der Waals surface area contributed by atoms with Crippen molar-refractivity contribution in [2.24, 2.45) is 17.3 Å². The number of nitrogens with zero attached hydrogens (tertiary/aromatic N) is 3. The minimum atomic E-state index is 0.474. The molecule has 2 unspecified atom stereocenters. The molecule has 4 nitrogen and oxygen atoms in total. The lowest BCUT2D eigenvalue weighted by Gasteiger charge is -2.49. The molecule has 0 amide bonds. The Bertz CT molecular complexity index is 550. The van der Waals surface area contributed by atoms with Crippen molar-refractivity contribution in [3.63, 3.8) is 0 Å². The van der Waals surface area contributed by atoms with Gasteiger partial charge in [0.05, 0.1) is 6.61 Å². The van der Waals surface area contributed by atoms with Gasteiger partial charge in [-0.25, -0.2) is 0 Å². The topological polar surface area (TPSA) is 30.3 Å². The smallest absolute Gasteiger partial charge is 0.123 e. The SMILES string of the molecule is COCCN1CC2(CC3C(C2)C3c2cc(I)nn2C(C)C)C1. The van der Waals surface area contributed by atoms with Gasteiger partial charge in [0.2, 0.25) is 0 Å². The van der Waals surface area contributed by atoms with Crippen molar-refractivity contribution in [3.8, 4) is 0 Å². The molecular weight excluding hydrogens is 389 g/mol. The van der Waals surface area contributed by atoms with E-state index in [1.54, 1.807) is 7.11 Å². The summed E-state index contributed by atoms with van der Waals surface area (Å²) in [6.07, 6.45) is 2.87. The second kappa shape index (κ2) is 5.45. The van der Waals surface area contributed by atoms with Gasteiger partial charge in [-0.05, 0) is 72.6 Å². The molecule has 22 heavy (non-hydrogen) atoms. The van der Waals surface area contributed by atoms with E-state index in [0.717, 1.165) is 34.6 Å². The quantitative estimate of drug-likeness (QED) is 0.693. The molecule has 4 rings (SSSR count). The van der Waals surface area contributed by atoms with Gasteiger partial charge in [-0.15, -0.1) is 0 Å². The highest BCUT2D eigenvalue weighted by molar-refractivity contribution is 14.1. The van der Waals surface area contributed by atoms with E-state index < -0.39 is 0 Å². The lowest BCUT2D eigenvalue weighted by atomic mass is 9.74. The zero-order chi connectivity index (χ0) is 15.5. The fourth-order valence-electron chi connectivity index (χ4n) is 5.10. The molecule has 3 fully saturated rings. The van der Waals surface area contributed by atoms with E-state index >= 15 is 0 Å². The summed E-state index contributed by atoms with van der Waals surface area (Å²) >= 11 is 2.36. The Labute approximate surface area is 146 Å². The molecule has 1 aromatic rings. The van der Waals surface area contributed by atoms with Gasteiger partial charge in [0.15, 0.2) is 0 Å². The molecule has 1 aliphatic heterocycles. The molecule has 1 spiro atoms. The molecule has 0 radical (unpaired) electrons. The number of ether oxygens (including phenoxy) is 1. The van der Waals surface area contributed by atoms with Gasteiger partial charge in [-0.3, -0.25) is 9.58 Å². The molecule has 5 heteroatoms. The minimum Gasteiger partial charge on any atom is -0.383 e. The minimum absolute atomic E-state index is 0.474. The Morgan fingerprint density at radius 2 is 2.05 bits per heavy atom. The first-order valence-electron chi connectivity index (χ1n) is 8.49. The number of aromatic nitrogens is 2. The average Bonchev–Trinajstić information content (AvgIpc) is 2.81. The summed E-state index contributed by atoms with van der Waals surface area (Å²) in [7, 11) is 1.80. The molecule has 0 bridgehead atoms. The number of fused-ring (bicyclic) bond motifs is 1. The maximum Gasteiger partial charge on any atom is 0.123 e. The zero-order valence-corrected chi connectivity index (χ0v) is 15.9. The lowest BCUT2D eigenvalue weighted by Crippen LogP contribution is -2.56. The molecule has 3 aliphatic rings. The van der Waals surface area contributed by atoms with Crippen LogP contribution in [0, 0.1) is 21.0 Å². The Morgan fingerprint density at radius 1 is 1.36 bits per heavy atom. The Hall–Kier alpha value is -0.140. The van der Waals surface area contributed by atoms with Crippen molar-refractivity contribution < 1.29 is 4.74 Å². The summed E-state index contributed by atoms with van der Waals surface area (Å²) in [4.78, 5) is 2.56. The number of hydrogen-bond acceptors (Lipinski definition) is 3. The maximum absolute atomic E-state index is 5.19. The van der Waals surface area contributed by atoms with Crippen LogP contribution in [0.15, 0.2) is 6.07 Å². The van der Waals surface area contributed by atoms with Gasteiger partial charge in [-0.2, -0.15) is 5.10 Å². The van der Waals surface area contributed by atoms with Gasteiger partial charge in [0.1, 0.15) is 3.70 Å². The van der Waals surface area contributed by atoms with Gasteiger partial charge in [-0.1, -0.05) is 0 Å². The second-order valence-electron chi connectivity index (χ2n) is 7.90. The standard InChI is InChI=1S/C17H26IN3O/c1-11(2)21-14(6-15(18)19-21)16-12-7-17(8-13(12)16)9-20(10-17)4-5-22-3/h6,11-13,16H,4-5,7-10H2,1-3H3. The van der Waals surface area contributed by atoms with Crippen molar-refractivity contribution in [2.75, 3.05) is 33.4 Å². The molecule has 2 saturated carbocycles. The summed E-state index contributed by atoms with van der Waals surface area (Å²) in [6, 6.07) is 2.80. The highest BCUT2D eigenvalue weighted by atomic mass is 127. The van der Waals surface area contributed by atoms with Crippen molar-refractivity contribution in [3.05, 3.63) is 15.5 Å². The molecular formula is C17H26IN3O. The number of rotatable bonds is 5. The van der Waals surface area contributed by atoms with Gasteiger partial charge < -0.3 is 4.74 Å². The predicted octanol–water partition coefficient (Wildman–Crippen LogP) is 3.14. The number of halogens is 1. The Kier molecular flexibility index (Phi) is 3.81. The van der Waals surface area contributed by atoms with E-state index in [4.69, 9.17) is 9.84 Å². The van der Waals surface area contributed by atoms with Gasteiger partial charge in [0.25, 0.3) is 0 Å². The molecule has 2 atom stereocenters. The summed E-state index contributed by atoms with van der Waals surface area (Å²) < 4.78 is 8.61. The monoisotopic (exact) mass is 415 g/mol. The Morgan fingerprint density at radius 3 is 2.64 bits per heavy atom. The third kappa shape index (κ3) is 2.44. The molecule has 2 aliphatic carbocycles. The van der Waals surface area contributed by atoms with E-state index in [-0.39, 0.29) is 0 Å². The highest BCUT2D eigenvalue weighted by Gasteiger charge is 2.65. The zero-order valence-electron chi connectivity index (χ0n) is 13.8. The van der Waals surface area contributed by atoms with Crippen LogP contribution < -0.4 is 0 Å². The van der Waals surface area contributed by atoms with Crippen molar-refractivity contribution in [1.29, 1.82) is 0 Å². The molecule has 1 saturated heterocycles. The second-order valence-corrected chi connectivity index (χ2v) is 9.00. The van der Waals surface area contributed by atoms with Crippen LogP contribution in [0.3, 0.4) is 0 Å². The molecule has 122 valence electrons. The van der Waals surface area contributed by atoms with Gasteiger partial charge >= 0.3 is 0 Å². The summed E-state index contributed by atoms with van der Waals surface area (Å²) in [5.41, 5.74) is 2.15. The van der Waals surface area contributed by atoms with Crippen LogP contribution in [0.2, 0.25) is 0 Å². The number of likely N-dealkylation sites (tertiary alicyclic amines) is 1. The molecule has 0 aromatic carbocycles. The van der Waals surface area contributed by atoms with Crippen molar-refractivity contribution in [2.45, 2.75) is 38.6 Å². The van der Waals surface area contributed by atoms with Crippen molar-refractivity contribution in [1.82, 2.24) is 14.7 Å². The van der Waals surface area contributed by atoms with Crippen LogP contribution in [-0.4, -0.2) is 48.0 Å². The summed E-state index contributed by atoms with van der Waals surface area (Å²) in [5, 5.41) is 4.70. The van der Waals surface area contributed by atoms with Crippen molar-refractivity contribution >= 4 is 22.6 Å². The van der Waals surface area contributed by atoms with Gasteiger partial charge in [0, 0.05) is 44.4 Å². The molecule has 2 heterocycles. The first kappa shape index (κ1) is 15.4. The predicted molar refractivity (Wildman–Crippen MR) is 95.0 cm³/mol. The van der Waals surface area contributed by atoms with E-state index in [2.05, 4.69) is 52.1 Å². The van der Waals surface area contributed by atoms with Crippen LogP contribution in [-0.2, 0) is 4.74 Å². The molecule has 0 N–H and O–H groups in total.